The number of aromatic nitrogens is 2. The Morgan fingerprint density at radius 2 is 1.28 bits per heavy atom. The van der Waals surface area contributed by atoms with E-state index in [2.05, 4.69) is 0 Å². The van der Waals surface area contributed by atoms with E-state index >= 15 is 0 Å². The lowest BCUT2D eigenvalue weighted by atomic mass is 10.2. The molecule has 138 valence electrons. The summed E-state index contributed by atoms with van der Waals surface area (Å²) >= 11 is 0. The standard InChI is InChI=1S/C9H10F3NO.C9H13NO/c1-6(2)13-4-3-7(5-8(13)14)9(10,11)12;1-7(2)10-5-4-8(3)6-9(10)11/h3-6H,1-2H3;4-7H,1-3H3. The maximum absolute atomic E-state index is 12.2. The average molecular weight is 356 g/mol. The molecule has 0 saturated heterocycles. The molecule has 25 heavy (non-hydrogen) atoms. The van der Waals surface area contributed by atoms with E-state index in [4.69, 9.17) is 0 Å². The summed E-state index contributed by atoms with van der Waals surface area (Å²) in [6, 6.07) is 5.23. The first kappa shape index (κ1) is 20.7. The van der Waals surface area contributed by atoms with Crippen molar-refractivity contribution >= 4 is 0 Å². The molecule has 2 rings (SSSR count). The first-order valence-corrected chi connectivity index (χ1v) is 7.91. The number of hydrogen-bond acceptors (Lipinski definition) is 2. The summed E-state index contributed by atoms with van der Waals surface area (Å²) in [4.78, 5) is 22.4. The van der Waals surface area contributed by atoms with Gasteiger partial charge in [-0.2, -0.15) is 13.2 Å². The highest BCUT2D eigenvalue weighted by Gasteiger charge is 2.30. The van der Waals surface area contributed by atoms with E-state index in [-0.39, 0.29) is 17.6 Å². The molecular formula is C18H23F3N2O2. The lowest BCUT2D eigenvalue weighted by Crippen LogP contribution is -2.22. The van der Waals surface area contributed by atoms with E-state index in [9.17, 15) is 22.8 Å². The summed E-state index contributed by atoms with van der Waals surface area (Å²) in [5.41, 5.74) is -0.430. The highest BCUT2D eigenvalue weighted by Crippen LogP contribution is 2.27. The topological polar surface area (TPSA) is 44.0 Å². The first-order chi connectivity index (χ1) is 11.4. The zero-order valence-electron chi connectivity index (χ0n) is 15.0. The van der Waals surface area contributed by atoms with Crippen molar-refractivity contribution in [2.45, 2.75) is 52.9 Å². The zero-order valence-corrected chi connectivity index (χ0v) is 15.0. The normalized spacial score (nSPS) is 11.4. The van der Waals surface area contributed by atoms with Crippen molar-refractivity contribution in [3.8, 4) is 0 Å². The molecule has 2 aromatic rings. The average Bonchev–Trinajstić information content (AvgIpc) is 2.45. The maximum atomic E-state index is 12.2. The summed E-state index contributed by atoms with van der Waals surface area (Å²) in [7, 11) is 0. The molecule has 0 N–H and O–H groups in total. The maximum Gasteiger partial charge on any atom is 0.416 e. The molecule has 0 aliphatic heterocycles. The van der Waals surface area contributed by atoms with Gasteiger partial charge < -0.3 is 9.13 Å². The van der Waals surface area contributed by atoms with Crippen LogP contribution in [0.1, 0.15) is 50.9 Å². The van der Waals surface area contributed by atoms with E-state index in [0.717, 1.165) is 17.8 Å². The molecule has 7 heteroatoms. The molecule has 0 amide bonds. The Labute approximate surface area is 144 Å². The highest BCUT2D eigenvalue weighted by atomic mass is 19.4. The smallest absolute Gasteiger partial charge is 0.313 e. The Balaban J connectivity index is 0.000000257. The van der Waals surface area contributed by atoms with Gasteiger partial charge in [0.2, 0.25) is 0 Å². The monoisotopic (exact) mass is 356 g/mol. The molecule has 4 nitrogen and oxygen atoms in total. The molecule has 0 spiro atoms. The Kier molecular flexibility index (Phi) is 6.78. The van der Waals surface area contributed by atoms with Crippen molar-refractivity contribution in [2.75, 3.05) is 0 Å². The van der Waals surface area contributed by atoms with Crippen LogP contribution >= 0.6 is 0 Å². The minimum atomic E-state index is -4.45. The van der Waals surface area contributed by atoms with Gasteiger partial charge in [-0.25, -0.2) is 0 Å². The third-order valence-corrected chi connectivity index (χ3v) is 3.49. The molecule has 0 bridgehead atoms. The SMILES string of the molecule is CC(C)n1ccc(C(F)(F)F)cc1=O.Cc1ccn(C(C)C)c(=O)c1. The molecule has 0 atom stereocenters. The predicted octanol–water partition coefficient (Wildman–Crippen LogP) is 4.19. The van der Waals surface area contributed by atoms with Crippen LogP contribution in [0.2, 0.25) is 0 Å². The number of alkyl halides is 3. The van der Waals surface area contributed by atoms with E-state index < -0.39 is 17.3 Å². The second kappa shape index (κ2) is 8.18. The number of aryl methyl sites for hydroxylation is 1. The Morgan fingerprint density at radius 1 is 0.840 bits per heavy atom. The number of halogens is 3. The van der Waals surface area contributed by atoms with Gasteiger partial charge in [0.15, 0.2) is 0 Å². The fraction of sp³-hybridized carbons (Fsp3) is 0.444. The number of rotatable bonds is 2. The highest BCUT2D eigenvalue weighted by molar-refractivity contribution is 5.14. The van der Waals surface area contributed by atoms with Crippen LogP contribution in [0.15, 0.2) is 46.2 Å². The largest absolute Gasteiger partial charge is 0.416 e. The van der Waals surface area contributed by atoms with Crippen LogP contribution in [0.3, 0.4) is 0 Å². The number of nitrogens with zero attached hydrogens (tertiary/aromatic N) is 2. The van der Waals surface area contributed by atoms with Crippen LogP contribution in [-0.2, 0) is 6.18 Å². The molecule has 0 fully saturated rings. The van der Waals surface area contributed by atoms with E-state index in [0.29, 0.717) is 6.07 Å². The van der Waals surface area contributed by atoms with Crippen molar-refractivity contribution in [1.29, 1.82) is 0 Å². The first-order valence-electron chi connectivity index (χ1n) is 7.91. The van der Waals surface area contributed by atoms with Crippen molar-refractivity contribution in [2.24, 2.45) is 0 Å². The van der Waals surface area contributed by atoms with E-state index in [1.54, 1.807) is 24.5 Å². The molecule has 0 aliphatic rings. The van der Waals surface area contributed by atoms with Crippen molar-refractivity contribution in [3.05, 3.63) is 68.5 Å². The van der Waals surface area contributed by atoms with Crippen LogP contribution in [0, 0.1) is 6.92 Å². The Bertz CT molecular complexity index is 818. The van der Waals surface area contributed by atoms with Crippen LogP contribution in [0.4, 0.5) is 13.2 Å². The van der Waals surface area contributed by atoms with Crippen LogP contribution in [0.25, 0.3) is 0 Å². The quantitative estimate of drug-likeness (QED) is 0.810. The van der Waals surface area contributed by atoms with Gasteiger partial charge in [0.25, 0.3) is 11.1 Å². The van der Waals surface area contributed by atoms with Crippen LogP contribution in [0.5, 0.6) is 0 Å². The van der Waals surface area contributed by atoms with Crippen LogP contribution < -0.4 is 11.1 Å². The second-order valence-electron chi connectivity index (χ2n) is 6.30. The number of hydrogen-bond donors (Lipinski definition) is 0. The lowest BCUT2D eigenvalue weighted by Gasteiger charge is -2.11. The summed E-state index contributed by atoms with van der Waals surface area (Å²) in [6.45, 7) is 9.38. The number of pyridine rings is 2. The van der Waals surface area contributed by atoms with Crippen molar-refractivity contribution in [3.63, 3.8) is 0 Å². The van der Waals surface area contributed by atoms with Crippen molar-refractivity contribution < 1.29 is 13.2 Å². The predicted molar refractivity (Wildman–Crippen MR) is 91.9 cm³/mol. The van der Waals surface area contributed by atoms with Gasteiger partial charge in [-0.05, 0) is 52.3 Å². The van der Waals surface area contributed by atoms with E-state index in [1.165, 1.54) is 4.57 Å². The lowest BCUT2D eigenvalue weighted by molar-refractivity contribution is -0.137. The van der Waals surface area contributed by atoms with E-state index in [1.807, 2.05) is 33.0 Å². The van der Waals surface area contributed by atoms with Gasteiger partial charge in [0.1, 0.15) is 0 Å². The second-order valence-corrected chi connectivity index (χ2v) is 6.30. The van der Waals surface area contributed by atoms with Gasteiger partial charge in [-0.15, -0.1) is 0 Å². The molecule has 0 radical (unpaired) electrons. The molecular weight excluding hydrogens is 333 g/mol. The summed E-state index contributed by atoms with van der Waals surface area (Å²) < 4.78 is 39.4. The molecule has 2 aromatic heterocycles. The van der Waals surface area contributed by atoms with Crippen molar-refractivity contribution in [1.82, 2.24) is 9.13 Å². The molecule has 0 unspecified atom stereocenters. The fourth-order valence-corrected chi connectivity index (χ4v) is 2.11. The third kappa shape index (κ3) is 5.92. The van der Waals surface area contributed by atoms with Gasteiger partial charge in [0, 0.05) is 36.6 Å². The van der Waals surface area contributed by atoms with Gasteiger partial charge >= 0.3 is 6.18 Å². The third-order valence-electron chi connectivity index (χ3n) is 3.49. The Morgan fingerprint density at radius 3 is 1.64 bits per heavy atom. The summed E-state index contributed by atoms with van der Waals surface area (Å²) in [5, 5.41) is 0. The minimum absolute atomic E-state index is 0.0833. The molecule has 0 aliphatic carbocycles. The zero-order chi connectivity index (χ0) is 19.4. The molecule has 0 aromatic carbocycles. The van der Waals surface area contributed by atoms with Gasteiger partial charge in [0.05, 0.1) is 5.56 Å². The molecule has 0 saturated carbocycles. The van der Waals surface area contributed by atoms with Crippen LogP contribution in [-0.4, -0.2) is 9.13 Å². The molecule has 2 heterocycles. The minimum Gasteiger partial charge on any atom is -0.313 e. The van der Waals surface area contributed by atoms with Gasteiger partial charge in [-0.1, -0.05) is 0 Å². The summed E-state index contributed by atoms with van der Waals surface area (Å²) in [6.07, 6.45) is -1.45. The Hall–Kier alpha value is -2.31. The van der Waals surface area contributed by atoms with Gasteiger partial charge in [-0.3, -0.25) is 9.59 Å². The summed E-state index contributed by atoms with van der Waals surface area (Å²) in [5.74, 6) is 0. The fourth-order valence-electron chi connectivity index (χ4n) is 2.11.